The summed E-state index contributed by atoms with van der Waals surface area (Å²) in [5, 5.41) is 9.70. The summed E-state index contributed by atoms with van der Waals surface area (Å²) in [4.78, 5) is 16.8. The fraction of sp³-hybridized carbons (Fsp3) is 0.286. The maximum atomic E-state index is 12.6. The lowest BCUT2D eigenvalue weighted by molar-refractivity contribution is -0.130. The van der Waals surface area contributed by atoms with Gasteiger partial charge in [0.15, 0.2) is 0 Å². The highest BCUT2D eigenvalue weighted by atomic mass is 35.5. The maximum Gasteiger partial charge on any atom is 0.277 e. The molecule has 0 spiro atoms. The summed E-state index contributed by atoms with van der Waals surface area (Å²) in [6.45, 7) is 3.91. The summed E-state index contributed by atoms with van der Waals surface area (Å²) in [7, 11) is 0. The van der Waals surface area contributed by atoms with Gasteiger partial charge in [0.25, 0.3) is 5.22 Å². The fourth-order valence-electron chi connectivity index (χ4n) is 3.28. The second kappa shape index (κ2) is 9.83. The molecule has 1 aliphatic rings. The van der Waals surface area contributed by atoms with E-state index in [9.17, 15) is 4.79 Å². The molecule has 0 aliphatic carbocycles. The second-order valence-corrected chi connectivity index (χ2v) is 8.70. The SMILES string of the molecule is O=C(CSc1nnc(-c2ccccc2Cl)o1)N1CCN(Cc2cccc(Cl)c2)CC1. The Balaban J connectivity index is 1.25. The number of hydrogen-bond donors (Lipinski definition) is 0. The van der Waals surface area contributed by atoms with Gasteiger partial charge in [-0.05, 0) is 29.8 Å². The van der Waals surface area contributed by atoms with Gasteiger partial charge in [-0.3, -0.25) is 9.69 Å². The Labute approximate surface area is 189 Å². The number of thioether (sulfide) groups is 1. The third-order valence-electron chi connectivity index (χ3n) is 4.85. The first-order chi connectivity index (χ1) is 14.6. The minimum absolute atomic E-state index is 0.0694. The lowest BCUT2D eigenvalue weighted by Crippen LogP contribution is -2.48. The van der Waals surface area contributed by atoms with Crippen LogP contribution >= 0.6 is 35.0 Å². The molecule has 2 aromatic carbocycles. The molecule has 0 unspecified atom stereocenters. The van der Waals surface area contributed by atoms with Crippen LogP contribution in [0.4, 0.5) is 0 Å². The van der Waals surface area contributed by atoms with Crippen LogP contribution in [0.2, 0.25) is 10.0 Å². The van der Waals surface area contributed by atoms with Crippen molar-refractivity contribution in [3.63, 3.8) is 0 Å². The Morgan fingerprint density at radius 1 is 1.03 bits per heavy atom. The first-order valence-corrected chi connectivity index (χ1v) is 11.3. The third-order valence-corrected chi connectivity index (χ3v) is 6.22. The van der Waals surface area contributed by atoms with E-state index < -0.39 is 0 Å². The normalized spacial score (nSPS) is 14.8. The van der Waals surface area contributed by atoms with Crippen LogP contribution in [0.5, 0.6) is 0 Å². The van der Waals surface area contributed by atoms with E-state index in [0.717, 1.165) is 24.7 Å². The summed E-state index contributed by atoms with van der Waals surface area (Å²) in [5.41, 5.74) is 1.87. The summed E-state index contributed by atoms with van der Waals surface area (Å²) in [6.07, 6.45) is 0. The molecule has 1 fully saturated rings. The van der Waals surface area contributed by atoms with Crippen LogP contribution in [0, 0.1) is 0 Å². The second-order valence-electron chi connectivity index (χ2n) is 6.93. The van der Waals surface area contributed by atoms with Gasteiger partial charge in [0.05, 0.1) is 16.3 Å². The van der Waals surface area contributed by atoms with E-state index in [2.05, 4.69) is 21.2 Å². The van der Waals surface area contributed by atoms with Crippen molar-refractivity contribution in [2.75, 3.05) is 31.9 Å². The number of rotatable bonds is 6. The van der Waals surface area contributed by atoms with Crippen molar-refractivity contribution in [1.82, 2.24) is 20.0 Å². The number of piperazine rings is 1. The van der Waals surface area contributed by atoms with Crippen LogP contribution in [-0.4, -0.2) is 57.8 Å². The van der Waals surface area contributed by atoms with Gasteiger partial charge in [-0.15, -0.1) is 10.2 Å². The molecule has 0 bridgehead atoms. The Hall–Kier alpha value is -2.06. The van der Waals surface area contributed by atoms with Gasteiger partial charge in [0.1, 0.15) is 0 Å². The molecule has 1 aromatic heterocycles. The van der Waals surface area contributed by atoms with Gasteiger partial charge in [0.2, 0.25) is 11.8 Å². The minimum atomic E-state index is 0.0694. The fourth-order valence-corrected chi connectivity index (χ4v) is 4.37. The Bertz CT molecular complexity index is 1020. The monoisotopic (exact) mass is 462 g/mol. The molecule has 156 valence electrons. The van der Waals surface area contributed by atoms with Crippen molar-refractivity contribution in [3.05, 3.63) is 64.1 Å². The zero-order chi connectivity index (χ0) is 20.9. The van der Waals surface area contributed by atoms with Gasteiger partial charge >= 0.3 is 0 Å². The summed E-state index contributed by atoms with van der Waals surface area (Å²) in [5.74, 6) is 0.684. The first kappa shape index (κ1) is 21.2. The van der Waals surface area contributed by atoms with Gasteiger partial charge in [-0.2, -0.15) is 0 Å². The van der Waals surface area contributed by atoms with Crippen LogP contribution in [-0.2, 0) is 11.3 Å². The van der Waals surface area contributed by atoms with Crippen molar-refractivity contribution in [1.29, 1.82) is 0 Å². The quantitative estimate of drug-likeness (QED) is 0.503. The molecule has 30 heavy (non-hydrogen) atoms. The van der Waals surface area contributed by atoms with E-state index in [1.54, 1.807) is 6.07 Å². The van der Waals surface area contributed by atoms with E-state index in [0.29, 0.717) is 34.8 Å². The molecule has 6 nitrogen and oxygen atoms in total. The molecule has 0 radical (unpaired) electrons. The number of hydrogen-bond acceptors (Lipinski definition) is 6. The van der Waals surface area contributed by atoms with Crippen molar-refractivity contribution in [3.8, 4) is 11.5 Å². The molecule has 1 amide bonds. The molecular weight excluding hydrogens is 443 g/mol. The molecule has 0 N–H and O–H groups in total. The van der Waals surface area contributed by atoms with Crippen LogP contribution in [0.3, 0.4) is 0 Å². The van der Waals surface area contributed by atoms with E-state index in [1.807, 2.05) is 41.3 Å². The number of halogens is 2. The van der Waals surface area contributed by atoms with Crippen molar-refractivity contribution >= 4 is 40.9 Å². The summed E-state index contributed by atoms with van der Waals surface area (Å²) in [6, 6.07) is 15.2. The number of carbonyl (C=O) groups is 1. The lowest BCUT2D eigenvalue weighted by atomic mass is 10.2. The number of carbonyl (C=O) groups excluding carboxylic acids is 1. The smallest absolute Gasteiger partial charge is 0.277 e. The predicted octanol–water partition coefficient (Wildman–Crippen LogP) is 4.48. The minimum Gasteiger partial charge on any atom is -0.411 e. The lowest BCUT2D eigenvalue weighted by Gasteiger charge is -2.34. The highest BCUT2D eigenvalue weighted by molar-refractivity contribution is 7.99. The number of aromatic nitrogens is 2. The molecule has 2 heterocycles. The van der Waals surface area contributed by atoms with Crippen LogP contribution in [0.15, 0.2) is 58.2 Å². The number of nitrogens with zero attached hydrogens (tertiary/aromatic N) is 4. The standard InChI is InChI=1S/C21H20Cl2N4O2S/c22-16-5-3-4-15(12-16)13-26-8-10-27(11-9-26)19(28)14-30-21-25-24-20(29-21)17-6-1-2-7-18(17)23/h1-7,12H,8-11,13-14H2. The molecule has 4 rings (SSSR count). The van der Waals surface area contributed by atoms with Gasteiger partial charge in [-0.25, -0.2) is 0 Å². The maximum absolute atomic E-state index is 12.6. The number of benzene rings is 2. The summed E-state index contributed by atoms with van der Waals surface area (Å²) < 4.78 is 5.65. The Morgan fingerprint density at radius 2 is 1.83 bits per heavy atom. The van der Waals surface area contributed by atoms with E-state index in [1.165, 1.54) is 17.3 Å². The van der Waals surface area contributed by atoms with E-state index >= 15 is 0 Å². The zero-order valence-corrected chi connectivity index (χ0v) is 18.5. The highest BCUT2D eigenvalue weighted by Crippen LogP contribution is 2.28. The van der Waals surface area contributed by atoms with Gasteiger partial charge in [-0.1, -0.05) is 59.2 Å². The predicted molar refractivity (Wildman–Crippen MR) is 119 cm³/mol. The average Bonchev–Trinajstić information content (AvgIpc) is 3.22. The van der Waals surface area contributed by atoms with Crippen molar-refractivity contribution in [2.45, 2.75) is 11.8 Å². The molecule has 9 heteroatoms. The topological polar surface area (TPSA) is 62.5 Å². The van der Waals surface area contributed by atoms with E-state index in [4.69, 9.17) is 27.6 Å². The molecular formula is C21H20Cl2N4O2S. The van der Waals surface area contributed by atoms with Gasteiger partial charge in [0, 0.05) is 37.7 Å². The van der Waals surface area contributed by atoms with Crippen LogP contribution < -0.4 is 0 Å². The molecule has 3 aromatic rings. The number of amides is 1. The van der Waals surface area contributed by atoms with E-state index in [-0.39, 0.29) is 11.7 Å². The van der Waals surface area contributed by atoms with Crippen LogP contribution in [0.1, 0.15) is 5.56 Å². The third kappa shape index (κ3) is 5.35. The first-order valence-electron chi connectivity index (χ1n) is 9.54. The molecule has 1 aliphatic heterocycles. The van der Waals surface area contributed by atoms with Crippen molar-refractivity contribution < 1.29 is 9.21 Å². The molecule has 0 saturated carbocycles. The van der Waals surface area contributed by atoms with Crippen LogP contribution in [0.25, 0.3) is 11.5 Å². The summed E-state index contributed by atoms with van der Waals surface area (Å²) >= 11 is 13.5. The Morgan fingerprint density at radius 3 is 2.60 bits per heavy atom. The zero-order valence-electron chi connectivity index (χ0n) is 16.1. The molecule has 0 atom stereocenters. The van der Waals surface area contributed by atoms with Gasteiger partial charge < -0.3 is 9.32 Å². The largest absolute Gasteiger partial charge is 0.411 e. The average molecular weight is 463 g/mol. The molecule has 1 saturated heterocycles. The highest BCUT2D eigenvalue weighted by Gasteiger charge is 2.22. The van der Waals surface area contributed by atoms with Crippen molar-refractivity contribution in [2.24, 2.45) is 0 Å². The Kier molecular flexibility index (Phi) is 6.94.